The van der Waals surface area contributed by atoms with E-state index in [2.05, 4.69) is 15.9 Å². The van der Waals surface area contributed by atoms with Crippen LogP contribution in [0.3, 0.4) is 0 Å². The number of carboxylic acids is 1. The maximum Gasteiger partial charge on any atom is 0.346 e. The van der Waals surface area contributed by atoms with Crippen LogP contribution in [0.4, 0.5) is 0 Å². The van der Waals surface area contributed by atoms with Crippen LogP contribution in [-0.4, -0.2) is 25.3 Å². The number of carboxylic acid groups (broad SMARTS) is 1. The average molecular weight is 343 g/mol. The molecular weight excluding hydrogens is 332 g/mol. The molecule has 100 valence electrons. The summed E-state index contributed by atoms with van der Waals surface area (Å²) in [4.78, 5) is 11.5. The van der Waals surface area contributed by atoms with Gasteiger partial charge in [0.25, 0.3) is 0 Å². The fourth-order valence-corrected chi connectivity index (χ4v) is 3.21. The lowest BCUT2D eigenvalue weighted by atomic mass is 10.1. The highest BCUT2D eigenvalue weighted by Crippen LogP contribution is 2.43. The number of halogens is 1. The molecule has 0 amide bonds. The van der Waals surface area contributed by atoms with Crippen LogP contribution in [0.5, 0.6) is 11.5 Å². The summed E-state index contributed by atoms with van der Waals surface area (Å²) >= 11 is 4.59. The summed E-state index contributed by atoms with van der Waals surface area (Å²) in [5.41, 5.74) is 1.35. The van der Waals surface area contributed by atoms with E-state index in [0.29, 0.717) is 27.1 Å². The van der Waals surface area contributed by atoms with Crippen molar-refractivity contribution in [2.75, 3.05) is 14.2 Å². The number of aromatic carboxylic acids is 1. The van der Waals surface area contributed by atoms with E-state index in [1.54, 1.807) is 30.7 Å². The van der Waals surface area contributed by atoms with Gasteiger partial charge in [-0.15, -0.1) is 11.3 Å². The van der Waals surface area contributed by atoms with Crippen molar-refractivity contribution < 1.29 is 19.4 Å². The fraction of sp³-hybridized carbons (Fsp3) is 0.154. The van der Waals surface area contributed by atoms with E-state index in [9.17, 15) is 9.90 Å². The van der Waals surface area contributed by atoms with Crippen molar-refractivity contribution >= 4 is 33.2 Å². The Kier molecular flexibility index (Phi) is 4.11. The fourth-order valence-electron chi connectivity index (χ4n) is 1.79. The number of rotatable bonds is 4. The molecule has 0 atom stereocenters. The molecule has 0 aliphatic rings. The molecule has 6 heteroatoms. The van der Waals surface area contributed by atoms with Gasteiger partial charge in [0, 0.05) is 11.1 Å². The Hall–Kier alpha value is -1.53. The molecule has 2 rings (SSSR count). The van der Waals surface area contributed by atoms with Crippen LogP contribution >= 0.6 is 27.3 Å². The zero-order valence-electron chi connectivity index (χ0n) is 10.3. The van der Waals surface area contributed by atoms with Crippen LogP contribution in [-0.2, 0) is 0 Å². The quantitative estimate of drug-likeness (QED) is 0.915. The largest absolute Gasteiger partial charge is 0.495 e. The Morgan fingerprint density at radius 2 is 1.95 bits per heavy atom. The van der Waals surface area contributed by atoms with E-state index in [-0.39, 0.29) is 4.88 Å². The number of hydrogen-bond acceptors (Lipinski definition) is 4. The molecule has 2 aromatic rings. The predicted octanol–water partition coefficient (Wildman–Crippen LogP) is 3.89. The van der Waals surface area contributed by atoms with Crippen molar-refractivity contribution in [3.05, 3.63) is 32.9 Å². The van der Waals surface area contributed by atoms with Gasteiger partial charge >= 0.3 is 5.97 Å². The van der Waals surface area contributed by atoms with E-state index in [1.165, 1.54) is 18.4 Å². The monoisotopic (exact) mass is 342 g/mol. The molecule has 0 aliphatic carbocycles. The minimum atomic E-state index is -0.945. The highest BCUT2D eigenvalue weighted by atomic mass is 79.9. The van der Waals surface area contributed by atoms with Crippen LogP contribution in [0.1, 0.15) is 9.67 Å². The molecule has 0 saturated heterocycles. The van der Waals surface area contributed by atoms with E-state index < -0.39 is 5.97 Å². The van der Waals surface area contributed by atoms with Crippen molar-refractivity contribution in [2.24, 2.45) is 0 Å². The summed E-state index contributed by atoms with van der Waals surface area (Å²) in [5, 5.41) is 10.9. The smallest absolute Gasteiger partial charge is 0.346 e. The average Bonchev–Trinajstić information content (AvgIpc) is 2.87. The Morgan fingerprint density at radius 1 is 1.21 bits per heavy atom. The molecule has 1 aromatic heterocycles. The molecule has 0 radical (unpaired) electrons. The summed E-state index contributed by atoms with van der Waals surface area (Å²) in [7, 11) is 3.10. The van der Waals surface area contributed by atoms with Crippen molar-refractivity contribution in [2.45, 2.75) is 0 Å². The zero-order chi connectivity index (χ0) is 14.0. The van der Waals surface area contributed by atoms with Crippen LogP contribution < -0.4 is 9.47 Å². The third-order valence-corrected chi connectivity index (χ3v) is 4.29. The van der Waals surface area contributed by atoms with E-state index in [4.69, 9.17) is 9.47 Å². The first-order valence-electron chi connectivity index (χ1n) is 5.31. The van der Waals surface area contributed by atoms with Crippen molar-refractivity contribution in [3.8, 4) is 22.6 Å². The van der Waals surface area contributed by atoms with Gasteiger partial charge in [-0.05, 0) is 39.5 Å². The third kappa shape index (κ3) is 2.46. The molecule has 1 N–H and O–H groups in total. The maximum absolute atomic E-state index is 11.2. The molecule has 19 heavy (non-hydrogen) atoms. The second-order valence-electron chi connectivity index (χ2n) is 3.63. The zero-order valence-corrected chi connectivity index (χ0v) is 12.7. The third-order valence-electron chi connectivity index (χ3n) is 2.64. The molecule has 0 saturated carbocycles. The molecule has 0 bridgehead atoms. The molecule has 0 aliphatic heterocycles. The minimum absolute atomic E-state index is 0.287. The molecule has 1 heterocycles. The van der Waals surface area contributed by atoms with Crippen LogP contribution in [0.2, 0.25) is 0 Å². The molecular formula is C13H11BrO4S. The summed E-state index contributed by atoms with van der Waals surface area (Å²) in [6, 6.07) is 5.33. The predicted molar refractivity (Wildman–Crippen MR) is 77.5 cm³/mol. The summed E-state index contributed by atoms with van der Waals surface area (Å²) in [6.45, 7) is 0. The lowest BCUT2D eigenvalue weighted by Crippen LogP contribution is -1.97. The molecule has 0 spiro atoms. The van der Waals surface area contributed by atoms with Crippen molar-refractivity contribution in [1.82, 2.24) is 0 Å². The summed E-state index contributed by atoms with van der Waals surface area (Å²) in [5.74, 6) is 0.243. The molecule has 0 fully saturated rings. The topological polar surface area (TPSA) is 55.8 Å². The Balaban J connectivity index is 2.65. The van der Waals surface area contributed by atoms with E-state index in [1.807, 2.05) is 0 Å². The van der Waals surface area contributed by atoms with Gasteiger partial charge in [0.2, 0.25) is 0 Å². The van der Waals surface area contributed by atoms with Crippen LogP contribution in [0.25, 0.3) is 11.1 Å². The lowest BCUT2D eigenvalue weighted by Gasteiger charge is -2.13. The van der Waals surface area contributed by atoms with Gasteiger partial charge in [-0.1, -0.05) is 0 Å². The van der Waals surface area contributed by atoms with Gasteiger partial charge in [-0.3, -0.25) is 0 Å². The van der Waals surface area contributed by atoms with Gasteiger partial charge in [-0.2, -0.15) is 0 Å². The number of thiophene rings is 1. The van der Waals surface area contributed by atoms with Crippen LogP contribution in [0.15, 0.2) is 28.1 Å². The number of benzene rings is 1. The van der Waals surface area contributed by atoms with Gasteiger partial charge in [0.05, 0.1) is 14.2 Å². The van der Waals surface area contributed by atoms with Gasteiger partial charge in [0.1, 0.15) is 20.8 Å². The number of hydrogen-bond donors (Lipinski definition) is 1. The molecule has 4 nitrogen and oxygen atoms in total. The minimum Gasteiger partial charge on any atom is -0.495 e. The molecule has 1 aromatic carbocycles. The number of carbonyl (C=O) groups is 1. The van der Waals surface area contributed by atoms with E-state index in [0.717, 1.165) is 0 Å². The first-order valence-corrected chi connectivity index (χ1v) is 6.99. The van der Waals surface area contributed by atoms with Gasteiger partial charge in [-0.25, -0.2) is 4.79 Å². The van der Waals surface area contributed by atoms with Gasteiger partial charge < -0.3 is 14.6 Å². The molecule has 0 unspecified atom stereocenters. The number of methoxy groups -OCH3 is 2. The second-order valence-corrected chi connectivity index (χ2v) is 5.34. The first-order chi connectivity index (χ1) is 9.10. The normalized spacial score (nSPS) is 10.3. The highest BCUT2D eigenvalue weighted by molar-refractivity contribution is 9.10. The Labute approximate surface area is 122 Å². The summed E-state index contributed by atoms with van der Waals surface area (Å²) in [6.07, 6.45) is 0. The lowest BCUT2D eigenvalue weighted by molar-refractivity contribution is 0.0703. The highest BCUT2D eigenvalue weighted by Gasteiger charge is 2.19. The standard InChI is InChI=1S/C13H11BrO4S/c1-17-9-4-3-7(11(18-2)10(9)14)8-5-6-19-12(8)13(15)16/h3-6H,1-2H3,(H,15,16). The van der Waals surface area contributed by atoms with Gasteiger partial charge in [0.15, 0.2) is 0 Å². The Bertz CT molecular complexity index is 621. The Morgan fingerprint density at radius 3 is 2.53 bits per heavy atom. The SMILES string of the molecule is COc1ccc(-c2ccsc2C(=O)O)c(OC)c1Br. The van der Waals surface area contributed by atoms with Crippen molar-refractivity contribution in [3.63, 3.8) is 0 Å². The van der Waals surface area contributed by atoms with E-state index >= 15 is 0 Å². The second kappa shape index (κ2) is 5.63. The number of ether oxygens (including phenoxy) is 2. The first kappa shape index (κ1) is 13.9. The van der Waals surface area contributed by atoms with Crippen molar-refractivity contribution in [1.29, 1.82) is 0 Å². The maximum atomic E-state index is 11.2. The summed E-state index contributed by atoms with van der Waals surface area (Å²) < 4.78 is 11.2. The van der Waals surface area contributed by atoms with Crippen LogP contribution in [0, 0.1) is 0 Å².